The van der Waals surface area contributed by atoms with Crippen molar-refractivity contribution in [3.05, 3.63) is 47.7 Å². The molecule has 1 amide bonds. The molecule has 0 bridgehead atoms. The number of amides is 1. The van der Waals surface area contributed by atoms with Gasteiger partial charge in [0.1, 0.15) is 6.54 Å². The van der Waals surface area contributed by atoms with Crippen molar-refractivity contribution in [3.8, 4) is 0 Å². The fraction of sp³-hybridized carbons (Fsp3) is 0.412. The van der Waals surface area contributed by atoms with E-state index in [0.29, 0.717) is 0 Å². The first-order valence-electron chi connectivity index (χ1n) is 8.17. The first-order chi connectivity index (χ1) is 12.1. The van der Waals surface area contributed by atoms with Gasteiger partial charge in [0, 0.05) is 11.9 Å². The molecule has 3 aromatic heterocycles. The van der Waals surface area contributed by atoms with Crippen molar-refractivity contribution >= 4 is 23.3 Å². The largest absolute Gasteiger partial charge is 0.344 e. The molecule has 8 heteroatoms. The van der Waals surface area contributed by atoms with Crippen LogP contribution in [0.1, 0.15) is 29.7 Å². The number of aryl methyl sites for hydroxylation is 2. The molecule has 25 heavy (non-hydrogen) atoms. The summed E-state index contributed by atoms with van der Waals surface area (Å²) in [5.41, 5.74) is 2.66. The first-order valence-corrected chi connectivity index (χ1v) is 9.57. The van der Waals surface area contributed by atoms with Crippen LogP contribution in [0.2, 0.25) is 0 Å². The summed E-state index contributed by atoms with van der Waals surface area (Å²) in [7, 11) is 0. The van der Waals surface area contributed by atoms with Gasteiger partial charge in [-0.3, -0.25) is 13.9 Å². The number of aromatic nitrogens is 5. The number of nitrogens with zero attached hydrogens (tertiary/aromatic N) is 5. The number of fused-ring (bicyclic) bond motifs is 1. The molecule has 0 spiro atoms. The lowest BCUT2D eigenvalue weighted by Crippen LogP contribution is -2.33. The molecule has 3 rings (SSSR count). The van der Waals surface area contributed by atoms with Gasteiger partial charge in [0.2, 0.25) is 5.91 Å². The summed E-state index contributed by atoms with van der Waals surface area (Å²) in [4.78, 5) is 12.5. The lowest BCUT2D eigenvalue weighted by Gasteiger charge is -2.17. The first kappa shape index (κ1) is 17.5. The van der Waals surface area contributed by atoms with Gasteiger partial charge in [-0.05, 0) is 50.5 Å². The highest BCUT2D eigenvalue weighted by Gasteiger charge is 2.20. The Morgan fingerprint density at radius 1 is 1.32 bits per heavy atom. The minimum atomic E-state index is -0.186. The highest BCUT2D eigenvalue weighted by Crippen LogP contribution is 2.18. The minimum absolute atomic E-state index is 0.0787. The maximum atomic E-state index is 12.5. The van der Waals surface area contributed by atoms with E-state index >= 15 is 0 Å². The highest BCUT2D eigenvalue weighted by atomic mass is 32.2. The summed E-state index contributed by atoms with van der Waals surface area (Å²) in [6, 6.07) is 7.54. The maximum Gasteiger partial charge on any atom is 0.242 e. The topological polar surface area (TPSA) is 77.1 Å². The van der Waals surface area contributed by atoms with E-state index in [2.05, 4.69) is 26.9 Å². The quantitative estimate of drug-likeness (QED) is 0.700. The Labute approximate surface area is 150 Å². The molecule has 0 aliphatic carbocycles. The van der Waals surface area contributed by atoms with Gasteiger partial charge < -0.3 is 5.32 Å². The standard InChI is InChI=1S/C17H22N6OS/c1-12-10-13(2)23(21-12)11-16(24)18-14(7-9-25-3)17-20-19-15-6-4-5-8-22(15)17/h4-6,8,10,14H,7,9,11H2,1-3H3,(H,18,24). The van der Waals surface area contributed by atoms with Gasteiger partial charge in [-0.2, -0.15) is 16.9 Å². The van der Waals surface area contributed by atoms with Gasteiger partial charge in [-0.15, -0.1) is 10.2 Å². The summed E-state index contributed by atoms with van der Waals surface area (Å²) >= 11 is 1.74. The van der Waals surface area contributed by atoms with Crippen LogP contribution in [0.3, 0.4) is 0 Å². The van der Waals surface area contributed by atoms with Crippen molar-refractivity contribution < 1.29 is 4.79 Å². The van der Waals surface area contributed by atoms with Crippen LogP contribution >= 0.6 is 11.8 Å². The molecule has 0 radical (unpaired) electrons. The second kappa shape index (κ2) is 7.69. The molecule has 1 N–H and O–H groups in total. The van der Waals surface area contributed by atoms with Crippen LogP contribution in [0, 0.1) is 13.8 Å². The Morgan fingerprint density at radius 2 is 2.16 bits per heavy atom. The number of hydrogen-bond acceptors (Lipinski definition) is 5. The Morgan fingerprint density at radius 3 is 2.88 bits per heavy atom. The highest BCUT2D eigenvalue weighted by molar-refractivity contribution is 7.98. The summed E-state index contributed by atoms with van der Waals surface area (Å²) in [5, 5.41) is 15.9. The normalized spacial score (nSPS) is 12.4. The third-order valence-electron chi connectivity index (χ3n) is 3.99. The third-order valence-corrected chi connectivity index (χ3v) is 4.64. The average molecular weight is 358 g/mol. The summed E-state index contributed by atoms with van der Waals surface area (Å²) in [6.45, 7) is 4.07. The third kappa shape index (κ3) is 4.01. The van der Waals surface area contributed by atoms with Crippen LogP contribution in [-0.4, -0.2) is 42.3 Å². The van der Waals surface area contributed by atoms with Crippen LogP contribution in [0.4, 0.5) is 0 Å². The number of thioether (sulfide) groups is 1. The number of pyridine rings is 1. The molecule has 3 heterocycles. The number of rotatable bonds is 7. The number of carbonyl (C=O) groups is 1. The van der Waals surface area contributed by atoms with E-state index in [9.17, 15) is 4.79 Å². The van der Waals surface area contributed by atoms with Gasteiger partial charge in [-0.1, -0.05) is 6.07 Å². The molecule has 0 aliphatic heterocycles. The van der Waals surface area contributed by atoms with Crippen LogP contribution in [-0.2, 0) is 11.3 Å². The van der Waals surface area contributed by atoms with E-state index in [1.165, 1.54) is 0 Å². The zero-order valence-corrected chi connectivity index (χ0v) is 15.5. The van der Waals surface area contributed by atoms with E-state index in [4.69, 9.17) is 0 Å². The molecular weight excluding hydrogens is 336 g/mol. The molecule has 0 saturated carbocycles. The van der Waals surface area contributed by atoms with E-state index in [0.717, 1.165) is 35.0 Å². The van der Waals surface area contributed by atoms with Gasteiger partial charge in [0.15, 0.2) is 11.5 Å². The van der Waals surface area contributed by atoms with Crippen molar-refractivity contribution in [2.75, 3.05) is 12.0 Å². The molecule has 0 fully saturated rings. The Hall–Kier alpha value is -2.35. The molecule has 0 aliphatic rings. The molecule has 132 valence electrons. The fourth-order valence-electron chi connectivity index (χ4n) is 2.81. The minimum Gasteiger partial charge on any atom is -0.344 e. The average Bonchev–Trinajstić information content (AvgIpc) is 3.14. The lowest BCUT2D eigenvalue weighted by molar-refractivity contribution is -0.122. The second-order valence-electron chi connectivity index (χ2n) is 5.97. The zero-order valence-electron chi connectivity index (χ0n) is 14.6. The molecule has 0 saturated heterocycles. The fourth-order valence-corrected chi connectivity index (χ4v) is 3.28. The van der Waals surface area contributed by atoms with Gasteiger partial charge in [0.05, 0.1) is 11.7 Å². The summed E-state index contributed by atoms with van der Waals surface area (Å²) < 4.78 is 3.65. The van der Waals surface area contributed by atoms with E-state index in [1.54, 1.807) is 16.4 Å². The van der Waals surface area contributed by atoms with Crippen LogP contribution < -0.4 is 5.32 Å². The SMILES string of the molecule is CSCCC(NC(=O)Cn1nc(C)cc1C)c1nnc2ccccn12. The predicted molar refractivity (Wildman–Crippen MR) is 98.6 cm³/mol. The summed E-state index contributed by atoms with van der Waals surface area (Å²) in [6.07, 6.45) is 4.76. The van der Waals surface area contributed by atoms with E-state index < -0.39 is 0 Å². The molecule has 1 atom stereocenters. The Kier molecular flexibility index (Phi) is 5.37. The second-order valence-corrected chi connectivity index (χ2v) is 6.96. The van der Waals surface area contributed by atoms with Gasteiger partial charge in [0.25, 0.3) is 0 Å². The van der Waals surface area contributed by atoms with Gasteiger partial charge in [-0.25, -0.2) is 0 Å². The van der Waals surface area contributed by atoms with Crippen molar-refractivity contribution in [1.82, 2.24) is 29.7 Å². The van der Waals surface area contributed by atoms with E-state index in [-0.39, 0.29) is 18.5 Å². The van der Waals surface area contributed by atoms with Crippen molar-refractivity contribution in [2.24, 2.45) is 0 Å². The monoisotopic (exact) mass is 358 g/mol. The molecule has 1 unspecified atom stereocenters. The predicted octanol–water partition coefficient (Wildman–Crippen LogP) is 2.15. The van der Waals surface area contributed by atoms with E-state index in [1.807, 2.05) is 48.7 Å². The lowest BCUT2D eigenvalue weighted by atomic mass is 10.2. The van der Waals surface area contributed by atoms with Crippen LogP contribution in [0.25, 0.3) is 5.65 Å². The molecule has 7 nitrogen and oxygen atoms in total. The Bertz CT molecular complexity index is 871. The summed E-state index contributed by atoms with van der Waals surface area (Å²) in [5.74, 6) is 1.60. The number of nitrogens with one attached hydrogen (secondary N) is 1. The zero-order chi connectivity index (χ0) is 17.8. The number of carbonyl (C=O) groups excluding carboxylic acids is 1. The van der Waals surface area contributed by atoms with Gasteiger partial charge >= 0.3 is 0 Å². The number of hydrogen-bond donors (Lipinski definition) is 1. The molecular formula is C17H22N6OS. The Balaban J connectivity index is 1.78. The molecule has 3 aromatic rings. The van der Waals surface area contributed by atoms with Crippen molar-refractivity contribution in [3.63, 3.8) is 0 Å². The van der Waals surface area contributed by atoms with Crippen molar-refractivity contribution in [2.45, 2.75) is 32.9 Å². The maximum absolute atomic E-state index is 12.5. The smallest absolute Gasteiger partial charge is 0.242 e. The molecule has 0 aromatic carbocycles. The van der Waals surface area contributed by atoms with Crippen molar-refractivity contribution in [1.29, 1.82) is 0 Å². The van der Waals surface area contributed by atoms with Crippen LogP contribution in [0.5, 0.6) is 0 Å². The van der Waals surface area contributed by atoms with Crippen LogP contribution in [0.15, 0.2) is 30.5 Å².